The van der Waals surface area contributed by atoms with Crippen molar-refractivity contribution in [2.24, 2.45) is 0 Å². The van der Waals surface area contributed by atoms with Crippen LogP contribution in [0.15, 0.2) is 59.1 Å². The van der Waals surface area contributed by atoms with Crippen molar-refractivity contribution in [2.45, 2.75) is 13.8 Å². The molecule has 0 spiro atoms. The lowest BCUT2D eigenvalue weighted by Crippen LogP contribution is -2.48. The fourth-order valence-corrected chi connectivity index (χ4v) is 3.72. The number of nitrogens with one attached hydrogen (secondary N) is 1. The van der Waals surface area contributed by atoms with Crippen molar-refractivity contribution in [2.75, 3.05) is 49.5 Å². The van der Waals surface area contributed by atoms with Gasteiger partial charge in [0.15, 0.2) is 0 Å². The smallest absolute Gasteiger partial charge is 0.240 e. The average molecular weight is 421 g/mol. The van der Waals surface area contributed by atoms with Gasteiger partial charge >= 0.3 is 0 Å². The molecule has 4 rings (SSSR count). The summed E-state index contributed by atoms with van der Waals surface area (Å²) in [6.45, 7) is 8.29. The lowest BCUT2D eigenvalue weighted by atomic mass is 10.1. The number of nitrogens with zero attached hydrogens (tertiary/aromatic N) is 3. The van der Waals surface area contributed by atoms with Crippen molar-refractivity contribution in [3.8, 4) is 17.0 Å². The van der Waals surface area contributed by atoms with Crippen LogP contribution in [0.2, 0.25) is 0 Å². The van der Waals surface area contributed by atoms with E-state index in [2.05, 4.69) is 26.3 Å². The first-order valence-corrected chi connectivity index (χ1v) is 10.6. The van der Waals surface area contributed by atoms with Crippen LogP contribution in [-0.4, -0.2) is 55.3 Å². The van der Waals surface area contributed by atoms with E-state index in [0.29, 0.717) is 24.7 Å². The highest BCUT2D eigenvalue weighted by atomic mass is 16.5. The molecule has 0 atom stereocenters. The third-order valence-corrected chi connectivity index (χ3v) is 5.37. The summed E-state index contributed by atoms with van der Waals surface area (Å²) >= 11 is 0. The Bertz CT molecular complexity index is 1010. The molecule has 0 radical (unpaired) electrons. The normalized spacial score (nSPS) is 14.5. The van der Waals surface area contributed by atoms with Crippen LogP contribution in [0.4, 0.5) is 11.6 Å². The Kier molecular flexibility index (Phi) is 6.52. The zero-order valence-electron chi connectivity index (χ0n) is 18.0. The van der Waals surface area contributed by atoms with Gasteiger partial charge in [-0.1, -0.05) is 47.1 Å². The predicted octanol–water partition coefficient (Wildman–Crippen LogP) is 3.81. The summed E-state index contributed by atoms with van der Waals surface area (Å²) in [5, 5.41) is 6.88. The molecule has 1 saturated heterocycles. The van der Waals surface area contributed by atoms with Crippen LogP contribution < -0.4 is 15.0 Å². The number of hydrogen-bond acceptors (Lipinski definition) is 6. The molecule has 2 heterocycles. The van der Waals surface area contributed by atoms with E-state index in [1.54, 1.807) is 6.07 Å². The number of benzene rings is 2. The molecule has 1 N–H and O–H groups in total. The number of para-hydroxylation sites is 2. The van der Waals surface area contributed by atoms with Gasteiger partial charge in [0.1, 0.15) is 11.4 Å². The molecule has 7 heteroatoms. The number of anilines is 2. The summed E-state index contributed by atoms with van der Waals surface area (Å²) in [6, 6.07) is 17.9. The van der Waals surface area contributed by atoms with Crippen LogP contribution in [0.1, 0.15) is 12.5 Å². The zero-order chi connectivity index (χ0) is 21.6. The molecule has 31 heavy (non-hydrogen) atoms. The topological polar surface area (TPSA) is 70.8 Å². The van der Waals surface area contributed by atoms with Crippen molar-refractivity contribution in [1.82, 2.24) is 10.1 Å². The second kappa shape index (κ2) is 9.66. The first kappa shape index (κ1) is 20.9. The van der Waals surface area contributed by atoms with Gasteiger partial charge in [-0.25, -0.2) is 0 Å². The Morgan fingerprint density at radius 1 is 1.10 bits per heavy atom. The average Bonchev–Trinajstić information content (AvgIpc) is 3.24. The van der Waals surface area contributed by atoms with Gasteiger partial charge in [-0.3, -0.25) is 15.0 Å². The summed E-state index contributed by atoms with van der Waals surface area (Å²) in [6.07, 6.45) is 0. The molecule has 7 nitrogen and oxygen atoms in total. The molecular formula is C24H28N4O3. The van der Waals surface area contributed by atoms with Gasteiger partial charge in [-0.15, -0.1) is 0 Å². The highest BCUT2D eigenvalue weighted by Crippen LogP contribution is 2.29. The summed E-state index contributed by atoms with van der Waals surface area (Å²) < 4.78 is 11.0. The van der Waals surface area contributed by atoms with Gasteiger partial charge in [0.2, 0.25) is 11.8 Å². The molecule has 1 fully saturated rings. The highest BCUT2D eigenvalue weighted by molar-refractivity contribution is 5.91. The fourth-order valence-electron chi connectivity index (χ4n) is 3.72. The lowest BCUT2D eigenvalue weighted by Gasteiger charge is -2.36. The SMILES string of the molecule is CCOc1ccccc1N1CCN(CC(=O)Nc2cc(-c3ccc(C)cc3)no2)CC1. The van der Waals surface area contributed by atoms with E-state index in [-0.39, 0.29) is 5.91 Å². The largest absolute Gasteiger partial charge is 0.492 e. The molecule has 0 saturated carbocycles. The second-order valence-electron chi connectivity index (χ2n) is 7.65. The summed E-state index contributed by atoms with van der Waals surface area (Å²) in [5.41, 5.74) is 3.95. The zero-order valence-corrected chi connectivity index (χ0v) is 18.0. The molecule has 1 amide bonds. The number of amides is 1. The summed E-state index contributed by atoms with van der Waals surface area (Å²) in [5.74, 6) is 1.17. The van der Waals surface area contributed by atoms with Crippen LogP contribution in [0.25, 0.3) is 11.3 Å². The maximum Gasteiger partial charge on any atom is 0.240 e. The summed E-state index contributed by atoms with van der Waals surface area (Å²) in [4.78, 5) is 16.9. The standard InChI is InChI=1S/C24H28N4O3/c1-3-30-22-7-5-4-6-21(22)28-14-12-27(13-15-28)17-23(29)25-24-16-20(26-31-24)19-10-8-18(2)9-11-19/h4-11,16H,3,12-15,17H2,1-2H3,(H,25,29). The quantitative estimate of drug-likeness (QED) is 0.627. The minimum absolute atomic E-state index is 0.102. The molecule has 1 aliphatic heterocycles. The Labute approximate surface area is 182 Å². The third kappa shape index (κ3) is 5.24. The minimum atomic E-state index is -0.102. The van der Waals surface area contributed by atoms with Crippen molar-refractivity contribution in [3.63, 3.8) is 0 Å². The molecule has 2 aromatic carbocycles. The van der Waals surface area contributed by atoms with Gasteiger partial charge < -0.3 is 14.2 Å². The molecule has 0 aliphatic carbocycles. The Morgan fingerprint density at radius 2 is 1.84 bits per heavy atom. The molecular weight excluding hydrogens is 392 g/mol. The van der Waals surface area contributed by atoms with Gasteiger partial charge in [0.05, 0.1) is 18.8 Å². The second-order valence-corrected chi connectivity index (χ2v) is 7.65. The van der Waals surface area contributed by atoms with Crippen LogP contribution in [0.3, 0.4) is 0 Å². The number of hydrogen-bond donors (Lipinski definition) is 1. The molecule has 1 aromatic heterocycles. The number of piperazine rings is 1. The van der Waals surface area contributed by atoms with Crippen LogP contribution in [0, 0.1) is 6.92 Å². The van der Waals surface area contributed by atoms with Crippen molar-refractivity contribution < 1.29 is 14.1 Å². The monoisotopic (exact) mass is 420 g/mol. The van der Waals surface area contributed by atoms with E-state index < -0.39 is 0 Å². The fraction of sp³-hybridized carbons (Fsp3) is 0.333. The number of aryl methyl sites for hydroxylation is 1. The van der Waals surface area contributed by atoms with Gasteiger partial charge in [-0.05, 0) is 26.0 Å². The Balaban J connectivity index is 1.28. The van der Waals surface area contributed by atoms with E-state index in [9.17, 15) is 4.79 Å². The minimum Gasteiger partial charge on any atom is -0.492 e. The summed E-state index contributed by atoms with van der Waals surface area (Å²) in [7, 11) is 0. The molecule has 3 aromatic rings. The number of carbonyl (C=O) groups is 1. The molecule has 1 aliphatic rings. The number of aromatic nitrogens is 1. The first-order chi connectivity index (χ1) is 15.1. The maximum absolute atomic E-state index is 12.5. The number of ether oxygens (including phenoxy) is 1. The van der Waals surface area contributed by atoms with E-state index in [1.807, 2.05) is 56.3 Å². The number of rotatable bonds is 7. The first-order valence-electron chi connectivity index (χ1n) is 10.6. The van der Waals surface area contributed by atoms with Crippen molar-refractivity contribution in [1.29, 1.82) is 0 Å². The van der Waals surface area contributed by atoms with Crippen LogP contribution in [0.5, 0.6) is 5.75 Å². The van der Waals surface area contributed by atoms with Gasteiger partial charge in [0.25, 0.3) is 0 Å². The Hall–Kier alpha value is -3.32. The van der Waals surface area contributed by atoms with Crippen molar-refractivity contribution >= 4 is 17.5 Å². The van der Waals surface area contributed by atoms with Gasteiger partial charge in [-0.2, -0.15) is 0 Å². The van der Waals surface area contributed by atoms with Crippen molar-refractivity contribution in [3.05, 3.63) is 60.2 Å². The van der Waals surface area contributed by atoms with Crippen LogP contribution >= 0.6 is 0 Å². The third-order valence-electron chi connectivity index (χ3n) is 5.37. The van der Waals surface area contributed by atoms with Crippen LogP contribution in [-0.2, 0) is 4.79 Å². The molecule has 162 valence electrons. The highest BCUT2D eigenvalue weighted by Gasteiger charge is 2.21. The van der Waals surface area contributed by atoms with Gasteiger partial charge in [0, 0.05) is 37.8 Å². The predicted molar refractivity (Wildman–Crippen MR) is 122 cm³/mol. The van der Waals surface area contributed by atoms with E-state index in [4.69, 9.17) is 9.26 Å². The Morgan fingerprint density at radius 3 is 2.58 bits per heavy atom. The van der Waals surface area contributed by atoms with E-state index >= 15 is 0 Å². The lowest BCUT2D eigenvalue weighted by molar-refractivity contribution is -0.117. The van der Waals surface area contributed by atoms with E-state index in [1.165, 1.54) is 5.56 Å². The molecule has 0 bridgehead atoms. The maximum atomic E-state index is 12.5. The molecule has 0 unspecified atom stereocenters. The van der Waals surface area contributed by atoms with E-state index in [0.717, 1.165) is 43.2 Å². The number of carbonyl (C=O) groups excluding carboxylic acids is 1.